The Hall–Kier alpha value is -1.62. The number of benzene rings is 1. The molecule has 0 unspecified atom stereocenters. The molecule has 0 radical (unpaired) electrons. The van der Waals surface area contributed by atoms with Gasteiger partial charge >= 0.3 is 0 Å². The minimum atomic E-state index is -0.409. The fraction of sp³-hybridized carbons (Fsp3) is 0.385. The summed E-state index contributed by atoms with van der Waals surface area (Å²) < 4.78 is 20.6. The number of methoxy groups -OCH3 is 1. The van der Waals surface area contributed by atoms with Gasteiger partial charge in [0.1, 0.15) is 17.4 Å². The molecule has 102 valence electrons. The molecule has 0 spiro atoms. The fourth-order valence-corrected chi connectivity index (χ4v) is 1.96. The molecule has 0 bridgehead atoms. The zero-order valence-corrected chi connectivity index (χ0v) is 12.0. The van der Waals surface area contributed by atoms with Crippen molar-refractivity contribution >= 4 is 11.6 Å². The van der Waals surface area contributed by atoms with Gasteiger partial charge in [0.05, 0.1) is 12.8 Å². The van der Waals surface area contributed by atoms with E-state index in [0.717, 1.165) is 0 Å². The molecule has 0 atom stereocenters. The third-order valence-corrected chi connectivity index (χ3v) is 2.93. The molecular formula is C13H15ClFN3O. The van der Waals surface area contributed by atoms with Crippen LogP contribution in [0.25, 0.3) is 5.69 Å². The summed E-state index contributed by atoms with van der Waals surface area (Å²) in [6.07, 6.45) is 0. The molecule has 2 aromatic rings. The van der Waals surface area contributed by atoms with Crippen molar-refractivity contribution in [3.63, 3.8) is 0 Å². The van der Waals surface area contributed by atoms with Crippen LogP contribution in [0.5, 0.6) is 5.75 Å². The summed E-state index contributed by atoms with van der Waals surface area (Å²) in [5.74, 6) is 0.721. The zero-order valence-electron chi connectivity index (χ0n) is 11.2. The van der Waals surface area contributed by atoms with Gasteiger partial charge in [-0.3, -0.25) is 4.57 Å². The van der Waals surface area contributed by atoms with E-state index in [0.29, 0.717) is 11.6 Å². The maximum atomic E-state index is 14.0. The zero-order chi connectivity index (χ0) is 14.2. The summed E-state index contributed by atoms with van der Waals surface area (Å²) in [6.45, 7) is 5.88. The molecule has 4 nitrogen and oxygen atoms in total. The molecule has 0 aliphatic carbocycles. The summed E-state index contributed by atoms with van der Waals surface area (Å²) in [7, 11) is 1.52. The maximum Gasteiger partial charge on any atom is 0.229 e. The minimum absolute atomic E-state index is 0.122. The minimum Gasteiger partial charge on any atom is -0.497 e. The van der Waals surface area contributed by atoms with E-state index in [2.05, 4.69) is 10.2 Å². The maximum absolute atomic E-state index is 14.0. The smallest absolute Gasteiger partial charge is 0.229 e. The molecule has 0 aliphatic rings. The predicted octanol–water partition coefficient (Wildman–Crippen LogP) is 3.37. The van der Waals surface area contributed by atoms with Gasteiger partial charge in [0.2, 0.25) is 5.28 Å². The Morgan fingerprint density at radius 1 is 1.26 bits per heavy atom. The lowest BCUT2D eigenvalue weighted by Crippen LogP contribution is -2.19. The molecule has 0 saturated heterocycles. The van der Waals surface area contributed by atoms with Crippen molar-refractivity contribution < 1.29 is 9.13 Å². The Morgan fingerprint density at radius 2 is 1.95 bits per heavy atom. The van der Waals surface area contributed by atoms with Crippen molar-refractivity contribution in [2.45, 2.75) is 26.2 Å². The first kappa shape index (κ1) is 13.8. The summed E-state index contributed by atoms with van der Waals surface area (Å²) in [4.78, 5) is 0. The molecule has 0 amide bonds. The van der Waals surface area contributed by atoms with Crippen molar-refractivity contribution in [1.29, 1.82) is 0 Å². The predicted molar refractivity (Wildman–Crippen MR) is 71.6 cm³/mol. The monoisotopic (exact) mass is 283 g/mol. The molecule has 0 fully saturated rings. The normalized spacial score (nSPS) is 11.7. The molecule has 1 aromatic carbocycles. The number of hydrogen-bond acceptors (Lipinski definition) is 3. The van der Waals surface area contributed by atoms with Crippen molar-refractivity contribution in [3.8, 4) is 11.4 Å². The van der Waals surface area contributed by atoms with Gasteiger partial charge in [0.25, 0.3) is 0 Å². The van der Waals surface area contributed by atoms with E-state index in [4.69, 9.17) is 16.3 Å². The third kappa shape index (κ3) is 2.56. The van der Waals surface area contributed by atoms with Gasteiger partial charge < -0.3 is 4.74 Å². The van der Waals surface area contributed by atoms with Gasteiger partial charge in [0.15, 0.2) is 0 Å². The Labute approximate surface area is 116 Å². The van der Waals surface area contributed by atoms with Crippen LogP contribution in [0.1, 0.15) is 26.6 Å². The topological polar surface area (TPSA) is 39.9 Å². The van der Waals surface area contributed by atoms with Crippen LogP contribution in [0.4, 0.5) is 4.39 Å². The molecule has 19 heavy (non-hydrogen) atoms. The van der Waals surface area contributed by atoms with Crippen LogP contribution in [0.2, 0.25) is 5.28 Å². The highest BCUT2D eigenvalue weighted by Gasteiger charge is 2.25. The van der Waals surface area contributed by atoms with E-state index in [1.54, 1.807) is 12.1 Å². The largest absolute Gasteiger partial charge is 0.497 e. The second kappa shape index (κ2) is 4.81. The lowest BCUT2D eigenvalue weighted by atomic mass is 9.95. The first-order valence-corrected chi connectivity index (χ1v) is 6.17. The van der Waals surface area contributed by atoms with Crippen molar-refractivity contribution in [3.05, 3.63) is 35.1 Å². The number of ether oxygens (including phenoxy) is 1. The van der Waals surface area contributed by atoms with Gasteiger partial charge in [-0.05, 0) is 23.7 Å². The average Bonchev–Trinajstić information content (AvgIpc) is 2.71. The van der Waals surface area contributed by atoms with Crippen LogP contribution in [0, 0.1) is 5.82 Å². The molecule has 0 N–H and O–H groups in total. The standard InChI is InChI=1S/C13H15ClFN3O/c1-13(2,3)11-16-17-12(14)18(11)10-7-8(19-4)5-6-9(10)15/h5-7H,1-4H3. The molecular weight excluding hydrogens is 269 g/mol. The molecule has 1 aromatic heterocycles. The van der Waals surface area contributed by atoms with E-state index >= 15 is 0 Å². The Bertz CT molecular complexity index is 604. The van der Waals surface area contributed by atoms with Crippen LogP contribution in [-0.4, -0.2) is 21.9 Å². The lowest BCUT2D eigenvalue weighted by molar-refractivity contribution is 0.413. The van der Waals surface area contributed by atoms with Gasteiger partial charge in [-0.1, -0.05) is 20.8 Å². The van der Waals surface area contributed by atoms with Gasteiger partial charge in [0, 0.05) is 11.5 Å². The Morgan fingerprint density at radius 3 is 2.53 bits per heavy atom. The van der Waals surface area contributed by atoms with Crippen LogP contribution in [0.15, 0.2) is 18.2 Å². The SMILES string of the molecule is COc1ccc(F)c(-n2c(Cl)nnc2C(C)(C)C)c1. The molecule has 2 rings (SSSR count). The lowest BCUT2D eigenvalue weighted by Gasteiger charge is -2.19. The van der Waals surface area contributed by atoms with Crippen molar-refractivity contribution in [2.24, 2.45) is 0 Å². The second-order valence-corrected chi connectivity index (χ2v) is 5.53. The average molecular weight is 284 g/mol. The fourth-order valence-electron chi connectivity index (χ4n) is 1.76. The highest BCUT2D eigenvalue weighted by Crippen LogP contribution is 2.29. The van der Waals surface area contributed by atoms with Crippen LogP contribution in [0.3, 0.4) is 0 Å². The Balaban J connectivity index is 2.68. The van der Waals surface area contributed by atoms with E-state index in [1.165, 1.54) is 17.7 Å². The molecule has 1 heterocycles. The summed E-state index contributed by atoms with van der Waals surface area (Å²) in [5.41, 5.74) is -0.0328. The Kier molecular flexibility index (Phi) is 3.49. The van der Waals surface area contributed by atoms with Gasteiger partial charge in [-0.25, -0.2) is 4.39 Å². The summed E-state index contributed by atoms with van der Waals surface area (Å²) in [6, 6.07) is 4.45. The first-order chi connectivity index (χ1) is 8.84. The number of hydrogen-bond donors (Lipinski definition) is 0. The number of nitrogens with zero attached hydrogens (tertiary/aromatic N) is 3. The number of halogens is 2. The van der Waals surface area contributed by atoms with Crippen molar-refractivity contribution in [2.75, 3.05) is 7.11 Å². The van der Waals surface area contributed by atoms with E-state index < -0.39 is 5.82 Å². The van der Waals surface area contributed by atoms with E-state index in [1.807, 2.05) is 20.8 Å². The quantitative estimate of drug-likeness (QED) is 0.848. The van der Waals surface area contributed by atoms with Gasteiger partial charge in [-0.2, -0.15) is 0 Å². The molecule has 0 aliphatic heterocycles. The van der Waals surface area contributed by atoms with Crippen LogP contribution < -0.4 is 4.74 Å². The summed E-state index contributed by atoms with van der Waals surface area (Å²) in [5, 5.41) is 7.98. The molecule has 0 saturated carbocycles. The number of rotatable bonds is 2. The van der Waals surface area contributed by atoms with Crippen LogP contribution >= 0.6 is 11.6 Å². The number of aromatic nitrogens is 3. The van der Waals surface area contributed by atoms with Gasteiger partial charge in [-0.15, -0.1) is 10.2 Å². The highest BCUT2D eigenvalue weighted by molar-refractivity contribution is 6.28. The third-order valence-electron chi connectivity index (χ3n) is 2.69. The first-order valence-electron chi connectivity index (χ1n) is 5.80. The van der Waals surface area contributed by atoms with Crippen LogP contribution in [-0.2, 0) is 5.41 Å². The van der Waals surface area contributed by atoms with Crippen molar-refractivity contribution in [1.82, 2.24) is 14.8 Å². The van der Waals surface area contributed by atoms with E-state index in [9.17, 15) is 4.39 Å². The molecule has 6 heteroatoms. The highest BCUT2D eigenvalue weighted by atomic mass is 35.5. The summed E-state index contributed by atoms with van der Waals surface area (Å²) >= 11 is 6.03. The van der Waals surface area contributed by atoms with E-state index in [-0.39, 0.29) is 16.4 Å². The second-order valence-electron chi connectivity index (χ2n) is 5.20.